The average Bonchev–Trinajstić information content (AvgIpc) is 4.16. The first-order valence-corrected chi connectivity index (χ1v) is 20.7. The normalized spacial score (nSPS) is 19.0. The van der Waals surface area contributed by atoms with E-state index in [9.17, 15) is 19.2 Å². The number of benzene rings is 3. The number of methoxy groups -OCH3 is 2. The largest absolute Gasteiger partial charge is 0.453 e. The van der Waals surface area contributed by atoms with Gasteiger partial charge >= 0.3 is 12.1 Å². The van der Waals surface area contributed by atoms with E-state index in [1.165, 1.54) is 7.11 Å². The van der Waals surface area contributed by atoms with Gasteiger partial charge in [0.1, 0.15) is 24.2 Å². The summed E-state index contributed by atoms with van der Waals surface area (Å²) in [6, 6.07) is 23.7. The molecule has 5 aromatic rings. The molecule has 3 aromatic carbocycles. The summed E-state index contributed by atoms with van der Waals surface area (Å²) in [6.07, 6.45) is 6.90. The van der Waals surface area contributed by atoms with Crippen LogP contribution in [0.4, 0.5) is 9.59 Å². The van der Waals surface area contributed by atoms with Crippen LogP contribution >= 0.6 is 0 Å². The number of imidazole rings is 2. The lowest BCUT2D eigenvalue weighted by molar-refractivity contribution is -0.134. The van der Waals surface area contributed by atoms with Crippen molar-refractivity contribution in [2.45, 2.75) is 56.3 Å². The topological polar surface area (TPSA) is 178 Å². The Hall–Kier alpha value is -6.92. The van der Waals surface area contributed by atoms with Gasteiger partial charge in [-0.2, -0.15) is 0 Å². The summed E-state index contributed by atoms with van der Waals surface area (Å²) in [5.41, 5.74) is 6.01. The quantitative estimate of drug-likeness (QED) is 0.129. The molecule has 0 radical (unpaired) electrons. The summed E-state index contributed by atoms with van der Waals surface area (Å²) in [4.78, 5) is 73.3. The van der Waals surface area contributed by atoms with Crippen LogP contribution in [0.5, 0.6) is 0 Å². The first kappa shape index (κ1) is 40.8. The fraction of sp³-hybridized carbons (Fsp3) is 0.348. The van der Waals surface area contributed by atoms with Crippen LogP contribution in [0.25, 0.3) is 22.5 Å². The molecule has 3 aliphatic heterocycles. The minimum absolute atomic E-state index is 0.00557. The fourth-order valence-corrected chi connectivity index (χ4v) is 8.32. The van der Waals surface area contributed by atoms with Gasteiger partial charge < -0.3 is 44.8 Å². The monoisotopic (exact) mass is 823 g/mol. The molecule has 0 saturated carbocycles. The highest BCUT2D eigenvalue weighted by Crippen LogP contribution is 2.35. The maximum atomic E-state index is 14.3. The third-order valence-corrected chi connectivity index (χ3v) is 11.7. The molecule has 0 aliphatic carbocycles. The number of ether oxygens (including phenoxy) is 2. The van der Waals surface area contributed by atoms with Crippen molar-refractivity contribution in [3.63, 3.8) is 0 Å². The van der Waals surface area contributed by atoms with Crippen LogP contribution in [0.15, 0.2) is 91.3 Å². The van der Waals surface area contributed by atoms with Crippen LogP contribution in [0.3, 0.4) is 0 Å². The highest BCUT2D eigenvalue weighted by atomic mass is 16.5. The number of aromatic amines is 2. The summed E-state index contributed by atoms with van der Waals surface area (Å²) >= 11 is 0. The molecule has 61 heavy (non-hydrogen) atoms. The second kappa shape index (κ2) is 18.6. The number of aromatic nitrogens is 4. The molecule has 2 aromatic heterocycles. The molecule has 15 nitrogen and oxygen atoms in total. The number of hydrogen-bond donors (Lipinski definition) is 4. The maximum absolute atomic E-state index is 14.3. The van der Waals surface area contributed by atoms with E-state index in [0.29, 0.717) is 37.8 Å². The molecule has 4 N–H and O–H groups in total. The van der Waals surface area contributed by atoms with Crippen molar-refractivity contribution < 1.29 is 28.7 Å². The Morgan fingerprint density at radius 1 is 0.754 bits per heavy atom. The van der Waals surface area contributed by atoms with Crippen molar-refractivity contribution in [3.8, 4) is 34.4 Å². The number of rotatable bonds is 10. The first-order valence-electron chi connectivity index (χ1n) is 20.7. The van der Waals surface area contributed by atoms with Gasteiger partial charge in [-0.3, -0.25) is 9.59 Å². The van der Waals surface area contributed by atoms with Crippen LogP contribution < -0.4 is 10.6 Å². The van der Waals surface area contributed by atoms with Gasteiger partial charge in [0.2, 0.25) is 11.8 Å². The molecule has 4 atom stereocenters. The number of urea groups is 1. The molecule has 15 heteroatoms. The summed E-state index contributed by atoms with van der Waals surface area (Å²) in [5, 5.41) is 5.49. The number of alkyl carbamates (subject to hydrolysis) is 1. The van der Waals surface area contributed by atoms with Crippen LogP contribution in [0, 0.1) is 11.8 Å². The Kier molecular flexibility index (Phi) is 12.4. The van der Waals surface area contributed by atoms with Crippen molar-refractivity contribution >= 4 is 23.9 Å². The van der Waals surface area contributed by atoms with Gasteiger partial charge in [-0.15, -0.1) is 0 Å². The molecule has 8 rings (SSSR count). The molecule has 0 spiro atoms. The highest BCUT2D eigenvalue weighted by molar-refractivity contribution is 5.89. The lowest BCUT2D eigenvalue weighted by atomic mass is 10.0. The Morgan fingerprint density at radius 2 is 1.33 bits per heavy atom. The van der Waals surface area contributed by atoms with E-state index in [0.717, 1.165) is 71.3 Å². The Bertz CT molecular complexity index is 2400. The van der Waals surface area contributed by atoms with Gasteiger partial charge in [-0.25, -0.2) is 19.6 Å². The zero-order valence-corrected chi connectivity index (χ0v) is 34.2. The van der Waals surface area contributed by atoms with Crippen LogP contribution in [0.1, 0.15) is 78.6 Å². The van der Waals surface area contributed by atoms with Crippen LogP contribution in [0.2, 0.25) is 0 Å². The van der Waals surface area contributed by atoms with Crippen molar-refractivity contribution in [1.82, 2.24) is 45.3 Å². The molecule has 5 amide bonds. The van der Waals surface area contributed by atoms with Crippen molar-refractivity contribution in [2.75, 3.05) is 46.9 Å². The third kappa shape index (κ3) is 9.29. The molecule has 3 saturated heterocycles. The highest BCUT2D eigenvalue weighted by Gasteiger charge is 2.38. The zero-order chi connectivity index (χ0) is 42.3. The lowest BCUT2D eigenvalue weighted by Gasteiger charge is -2.30. The molecule has 5 heterocycles. The van der Waals surface area contributed by atoms with E-state index in [1.807, 2.05) is 83.8 Å². The second-order valence-corrected chi connectivity index (χ2v) is 15.4. The maximum Gasteiger partial charge on any atom is 0.407 e. The van der Waals surface area contributed by atoms with Gasteiger partial charge in [0.25, 0.3) is 0 Å². The SMILES string of the molecule is COC(=O)NCC(=O)N1CCC[C@H]1c1ncc(-c2ccc(C#Cc3ccc(-c4cnc([C@@H]5CCCN5C(=O)[C@H](NC(=O)N5CC[C@@H](OC)C5)c5ccccc5)[nH]4)cc3)cc2)[nH]1. The van der Waals surface area contributed by atoms with E-state index in [2.05, 4.69) is 42.2 Å². The van der Waals surface area contributed by atoms with Gasteiger partial charge in [-0.1, -0.05) is 66.4 Å². The summed E-state index contributed by atoms with van der Waals surface area (Å²) in [7, 11) is 2.91. The molecule has 0 bridgehead atoms. The fourth-order valence-electron chi connectivity index (χ4n) is 8.32. The lowest BCUT2D eigenvalue weighted by Crippen LogP contribution is -2.47. The molecule has 0 unspecified atom stereocenters. The van der Waals surface area contributed by atoms with E-state index in [1.54, 1.807) is 29.3 Å². The predicted molar refractivity (Wildman–Crippen MR) is 227 cm³/mol. The van der Waals surface area contributed by atoms with E-state index in [4.69, 9.17) is 9.72 Å². The Morgan fingerprint density at radius 3 is 1.89 bits per heavy atom. The van der Waals surface area contributed by atoms with E-state index < -0.39 is 12.1 Å². The first-order chi connectivity index (χ1) is 29.8. The zero-order valence-electron chi connectivity index (χ0n) is 34.2. The van der Waals surface area contributed by atoms with E-state index in [-0.39, 0.29) is 42.6 Å². The van der Waals surface area contributed by atoms with Crippen molar-refractivity contribution in [3.05, 3.63) is 120 Å². The number of nitrogens with one attached hydrogen (secondary N) is 4. The molecule has 314 valence electrons. The van der Waals surface area contributed by atoms with Crippen LogP contribution in [-0.2, 0) is 19.1 Å². The Labute approximate surface area is 354 Å². The summed E-state index contributed by atoms with van der Waals surface area (Å²) < 4.78 is 10.0. The van der Waals surface area contributed by atoms with Gasteiger partial charge in [0.05, 0.1) is 49.1 Å². The number of amides is 5. The van der Waals surface area contributed by atoms with Gasteiger partial charge in [-0.05, 0) is 73.1 Å². The number of H-pyrrole nitrogens is 2. The third-order valence-electron chi connectivity index (χ3n) is 11.7. The van der Waals surface area contributed by atoms with E-state index >= 15 is 0 Å². The number of nitrogens with zero attached hydrogens (tertiary/aromatic N) is 5. The predicted octanol–water partition coefficient (Wildman–Crippen LogP) is 5.72. The van der Waals surface area contributed by atoms with Gasteiger partial charge in [0, 0.05) is 44.4 Å². The minimum atomic E-state index is -0.833. The van der Waals surface area contributed by atoms with Crippen molar-refractivity contribution in [2.24, 2.45) is 0 Å². The number of carbonyl (C=O) groups excluding carboxylic acids is 4. The smallest absolute Gasteiger partial charge is 0.407 e. The average molecular weight is 824 g/mol. The minimum Gasteiger partial charge on any atom is -0.453 e. The summed E-state index contributed by atoms with van der Waals surface area (Å²) in [6.45, 7) is 2.10. The van der Waals surface area contributed by atoms with Gasteiger partial charge in [0.15, 0.2) is 0 Å². The number of hydrogen-bond acceptors (Lipinski definition) is 8. The standard InChI is InChI=1S/C46H49N9O6/c1-60-35-22-25-53(29-35)45(58)52-41(34-8-4-3-5-9-34)44(57)55-24-7-11-39(55)43-48-27-37(51-43)33-20-16-31(17-21-33)13-12-30-14-18-32(19-15-30)36-26-47-42(50-36)38-10-6-23-54(38)40(56)28-49-46(59)61-2/h3-5,8-9,14-21,26-27,35,38-39,41H,6-7,10-11,22-25,28-29H2,1-2H3,(H,47,50)(H,48,51)(H,49,59)(H,52,58)/t35-,38+,39+,41-/m1/s1. The number of carbonyl (C=O) groups is 4. The van der Waals surface area contributed by atoms with Crippen LogP contribution in [-0.4, -0.2) is 112 Å². The Balaban J connectivity index is 0.889. The molecule has 3 aliphatic rings. The molecular formula is C46H49N9O6. The van der Waals surface area contributed by atoms with Crippen molar-refractivity contribution in [1.29, 1.82) is 0 Å². The second-order valence-electron chi connectivity index (χ2n) is 15.4. The molecular weight excluding hydrogens is 775 g/mol. The summed E-state index contributed by atoms with van der Waals surface area (Å²) in [5.74, 6) is 7.58. The number of likely N-dealkylation sites (tertiary alicyclic amines) is 3. The molecule has 3 fully saturated rings.